The molecule has 1 heterocycles. The molecule has 110 valence electrons. The van der Waals surface area contributed by atoms with Crippen LogP contribution in [0, 0.1) is 0 Å². The van der Waals surface area contributed by atoms with Crippen molar-refractivity contribution in [3.05, 3.63) is 64.7 Å². The van der Waals surface area contributed by atoms with Crippen molar-refractivity contribution in [1.82, 2.24) is 0 Å². The van der Waals surface area contributed by atoms with Crippen LogP contribution in [0.15, 0.2) is 48.5 Å². The predicted octanol–water partition coefficient (Wildman–Crippen LogP) is 3.05. The van der Waals surface area contributed by atoms with Gasteiger partial charge in [0.15, 0.2) is 0 Å². The van der Waals surface area contributed by atoms with Gasteiger partial charge in [-0.15, -0.1) is 0 Å². The second kappa shape index (κ2) is 5.68. The average Bonchev–Trinajstić information content (AvgIpc) is 2.54. The summed E-state index contributed by atoms with van der Waals surface area (Å²) in [4.78, 5) is 0. The maximum atomic E-state index is 11.0. The summed E-state index contributed by atoms with van der Waals surface area (Å²) in [5.41, 5.74) is 7.35. The molecule has 2 unspecified atom stereocenters. The molecule has 0 aromatic heterocycles. The molecule has 3 nitrogen and oxygen atoms in total. The van der Waals surface area contributed by atoms with E-state index in [2.05, 4.69) is 0 Å². The number of para-hydroxylation sites is 1. The minimum absolute atomic E-state index is 0.358. The normalized spacial score (nSPS) is 22.2. The van der Waals surface area contributed by atoms with Crippen LogP contribution in [-0.4, -0.2) is 18.3 Å². The van der Waals surface area contributed by atoms with E-state index in [0.29, 0.717) is 24.6 Å². The van der Waals surface area contributed by atoms with E-state index in [-0.39, 0.29) is 0 Å². The van der Waals surface area contributed by atoms with Crippen molar-refractivity contribution >= 4 is 11.6 Å². The van der Waals surface area contributed by atoms with Gasteiger partial charge in [-0.1, -0.05) is 41.9 Å². The molecule has 2 aromatic rings. The number of aliphatic hydroxyl groups excluding tert-OH is 1. The Labute approximate surface area is 129 Å². The summed E-state index contributed by atoms with van der Waals surface area (Å²) in [7, 11) is 0. The van der Waals surface area contributed by atoms with Crippen LogP contribution in [0.2, 0.25) is 5.02 Å². The number of hydrogen-bond acceptors (Lipinski definition) is 3. The molecule has 0 bridgehead atoms. The Morgan fingerprint density at radius 2 is 1.90 bits per heavy atom. The van der Waals surface area contributed by atoms with Gasteiger partial charge in [-0.05, 0) is 30.2 Å². The topological polar surface area (TPSA) is 55.5 Å². The van der Waals surface area contributed by atoms with Crippen molar-refractivity contribution in [2.24, 2.45) is 5.73 Å². The number of hydrogen-bond donors (Lipinski definition) is 2. The van der Waals surface area contributed by atoms with E-state index < -0.39 is 11.5 Å². The third-order valence-corrected chi connectivity index (χ3v) is 4.55. The van der Waals surface area contributed by atoms with Gasteiger partial charge in [0.1, 0.15) is 5.75 Å². The van der Waals surface area contributed by atoms with Crippen LogP contribution in [0.3, 0.4) is 0 Å². The minimum Gasteiger partial charge on any atom is -0.493 e. The van der Waals surface area contributed by atoms with E-state index in [1.54, 1.807) is 12.1 Å². The number of rotatable bonds is 3. The van der Waals surface area contributed by atoms with E-state index in [9.17, 15) is 5.11 Å². The van der Waals surface area contributed by atoms with E-state index in [1.165, 1.54) is 0 Å². The van der Waals surface area contributed by atoms with Gasteiger partial charge in [0.05, 0.1) is 12.7 Å². The van der Waals surface area contributed by atoms with Gasteiger partial charge < -0.3 is 15.6 Å². The molecular formula is C17H18ClNO2. The van der Waals surface area contributed by atoms with Gasteiger partial charge >= 0.3 is 0 Å². The number of fused-ring (bicyclic) bond motifs is 1. The fourth-order valence-corrected chi connectivity index (χ4v) is 3.18. The summed E-state index contributed by atoms with van der Waals surface area (Å²) in [5.74, 6) is 0.808. The lowest BCUT2D eigenvalue weighted by atomic mass is 9.70. The molecule has 2 atom stereocenters. The maximum absolute atomic E-state index is 11.0. The standard InChI is InChI=1S/C17H18ClNO2/c18-13-7-5-12(6-8-13)16(20)17(11-19)9-10-21-15-4-2-1-3-14(15)17/h1-8,16,20H,9-11,19H2. The molecule has 0 amide bonds. The van der Waals surface area contributed by atoms with E-state index in [1.807, 2.05) is 36.4 Å². The number of halogens is 1. The fourth-order valence-electron chi connectivity index (χ4n) is 3.05. The second-order valence-corrected chi connectivity index (χ2v) is 5.85. The van der Waals surface area contributed by atoms with E-state index in [4.69, 9.17) is 22.1 Å². The Morgan fingerprint density at radius 3 is 2.62 bits per heavy atom. The Bertz CT molecular complexity index is 629. The van der Waals surface area contributed by atoms with Crippen molar-refractivity contribution in [2.45, 2.75) is 17.9 Å². The molecule has 1 aliphatic rings. The largest absolute Gasteiger partial charge is 0.493 e. The zero-order chi connectivity index (χ0) is 14.9. The van der Waals surface area contributed by atoms with Crippen LogP contribution < -0.4 is 10.5 Å². The molecular weight excluding hydrogens is 286 g/mol. The summed E-state index contributed by atoms with van der Waals surface area (Å²) in [6, 6.07) is 15.1. The van der Waals surface area contributed by atoms with E-state index >= 15 is 0 Å². The highest BCUT2D eigenvalue weighted by Gasteiger charge is 2.43. The van der Waals surface area contributed by atoms with Gasteiger partial charge in [0, 0.05) is 22.5 Å². The zero-order valence-electron chi connectivity index (χ0n) is 11.6. The van der Waals surface area contributed by atoms with Gasteiger partial charge in [-0.25, -0.2) is 0 Å². The van der Waals surface area contributed by atoms with Crippen molar-refractivity contribution < 1.29 is 9.84 Å². The third-order valence-electron chi connectivity index (χ3n) is 4.30. The molecule has 2 aromatic carbocycles. The number of nitrogens with two attached hydrogens (primary N) is 1. The molecule has 1 aliphatic heterocycles. The maximum Gasteiger partial charge on any atom is 0.123 e. The predicted molar refractivity (Wildman–Crippen MR) is 83.7 cm³/mol. The van der Waals surface area contributed by atoms with Crippen LogP contribution in [0.25, 0.3) is 0 Å². The lowest BCUT2D eigenvalue weighted by molar-refractivity contribution is 0.0535. The Morgan fingerprint density at radius 1 is 1.19 bits per heavy atom. The van der Waals surface area contributed by atoms with Crippen LogP contribution in [0.5, 0.6) is 5.75 Å². The zero-order valence-corrected chi connectivity index (χ0v) is 12.4. The molecule has 0 saturated carbocycles. The first-order chi connectivity index (χ1) is 10.2. The highest BCUT2D eigenvalue weighted by molar-refractivity contribution is 6.30. The van der Waals surface area contributed by atoms with Gasteiger partial charge in [-0.3, -0.25) is 0 Å². The molecule has 0 aliphatic carbocycles. The van der Waals surface area contributed by atoms with Gasteiger partial charge in [-0.2, -0.15) is 0 Å². The van der Waals surface area contributed by atoms with Crippen molar-refractivity contribution in [1.29, 1.82) is 0 Å². The summed E-state index contributed by atoms with van der Waals surface area (Å²) < 4.78 is 5.70. The van der Waals surface area contributed by atoms with Crippen LogP contribution >= 0.6 is 11.6 Å². The fraction of sp³-hybridized carbons (Fsp3) is 0.294. The van der Waals surface area contributed by atoms with Crippen molar-refractivity contribution in [2.75, 3.05) is 13.2 Å². The summed E-state index contributed by atoms with van der Waals surface area (Å²) >= 11 is 5.93. The van der Waals surface area contributed by atoms with Crippen molar-refractivity contribution in [3.8, 4) is 5.75 Å². The highest BCUT2D eigenvalue weighted by Crippen LogP contribution is 2.46. The number of ether oxygens (including phenoxy) is 1. The third kappa shape index (κ3) is 2.42. The number of aliphatic hydroxyl groups is 1. The van der Waals surface area contributed by atoms with Crippen LogP contribution in [0.4, 0.5) is 0 Å². The SMILES string of the molecule is NCC1(C(O)c2ccc(Cl)cc2)CCOc2ccccc21. The molecule has 0 fully saturated rings. The molecule has 0 saturated heterocycles. The first-order valence-corrected chi connectivity index (χ1v) is 7.41. The highest BCUT2D eigenvalue weighted by atomic mass is 35.5. The summed E-state index contributed by atoms with van der Waals surface area (Å²) in [5, 5.41) is 11.6. The molecule has 4 heteroatoms. The Kier molecular flexibility index (Phi) is 3.89. The summed E-state index contributed by atoms with van der Waals surface area (Å²) in [6.07, 6.45) is -0.00516. The molecule has 3 N–H and O–H groups in total. The molecule has 0 radical (unpaired) electrons. The van der Waals surface area contributed by atoms with Gasteiger partial charge in [0.25, 0.3) is 0 Å². The summed E-state index contributed by atoms with van der Waals surface area (Å²) in [6.45, 7) is 0.913. The first-order valence-electron chi connectivity index (χ1n) is 7.03. The monoisotopic (exact) mass is 303 g/mol. The minimum atomic E-state index is -0.690. The van der Waals surface area contributed by atoms with Crippen LogP contribution in [-0.2, 0) is 5.41 Å². The quantitative estimate of drug-likeness (QED) is 0.916. The average molecular weight is 304 g/mol. The van der Waals surface area contributed by atoms with Crippen molar-refractivity contribution in [3.63, 3.8) is 0 Å². The Balaban J connectivity index is 2.07. The van der Waals surface area contributed by atoms with E-state index in [0.717, 1.165) is 16.9 Å². The second-order valence-electron chi connectivity index (χ2n) is 5.41. The number of benzene rings is 2. The van der Waals surface area contributed by atoms with Gasteiger partial charge in [0.2, 0.25) is 0 Å². The molecule has 0 spiro atoms. The van der Waals surface area contributed by atoms with Crippen LogP contribution in [0.1, 0.15) is 23.7 Å². The lowest BCUT2D eigenvalue weighted by Crippen LogP contribution is -2.44. The molecule has 21 heavy (non-hydrogen) atoms. The molecule has 3 rings (SSSR count). The lowest BCUT2D eigenvalue weighted by Gasteiger charge is -2.41. The smallest absolute Gasteiger partial charge is 0.123 e. The first kappa shape index (κ1) is 14.4. The Hall–Kier alpha value is -1.55.